The summed E-state index contributed by atoms with van der Waals surface area (Å²) in [4.78, 5) is 26.1. The van der Waals surface area contributed by atoms with Gasteiger partial charge in [-0.05, 0) is 30.7 Å². The molecule has 3 rings (SSSR count). The van der Waals surface area contributed by atoms with Crippen LogP contribution in [0, 0.1) is 5.82 Å². The smallest absolute Gasteiger partial charge is 0.273 e. The Hall–Kier alpha value is -2.87. The summed E-state index contributed by atoms with van der Waals surface area (Å²) < 4.78 is 12.9. The van der Waals surface area contributed by atoms with E-state index in [9.17, 15) is 14.0 Å². The zero-order chi connectivity index (χ0) is 17.1. The highest BCUT2D eigenvalue weighted by molar-refractivity contribution is 7.15. The average Bonchev–Trinajstić information content (AvgIpc) is 3.19. The van der Waals surface area contributed by atoms with Crippen molar-refractivity contribution < 1.29 is 14.0 Å². The number of rotatable bonds is 5. The molecule has 0 radical (unpaired) electrons. The fraction of sp³-hybridized carbons (Fsp3) is 0.125. The Bertz CT molecular complexity index is 886. The number of Topliss-reactive ketones (excluding diaryl/α,β-unsaturated/α-hetero) is 1. The fourth-order valence-corrected chi connectivity index (χ4v) is 2.81. The van der Waals surface area contributed by atoms with Crippen LogP contribution in [0.4, 0.5) is 9.52 Å². The van der Waals surface area contributed by atoms with Crippen molar-refractivity contribution in [3.63, 3.8) is 0 Å². The molecule has 0 spiro atoms. The summed E-state index contributed by atoms with van der Waals surface area (Å²) in [6, 6.07) is 7.61. The van der Waals surface area contributed by atoms with Gasteiger partial charge in [-0.2, -0.15) is 0 Å². The molecule has 1 amide bonds. The fourth-order valence-electron chi connectivity index (χ4n) is 2.05. The molecule has 0 bridgehead atoms. The number of hydrogen-bond acceptors (Lipinski definition) is 5. The Morgan fingerprint density at radius 3 is 2.67 bits per heavy atom. The summed E-state index contributed by atoms with van der Waals surface area (Å²) in [5.74, 6) is -0.811. The van der Waals surface area contributed by atoms with E-state index in [2.05, 4.69) is 20.5 Å². The van der Waals surface area contributed by atoms with E-state index in [1.54, 1.807) is 12.1 Å². The van der Waals surface area contributed by atoms with Gasteiger partial charge in [0.25, 0.3) is 5.91 Å². The molecular formula is C16H13FN4O2S. The van der Waals surface area contributed by atoms with E-state index in [0.717, 1.165) is 5.56 Å². The zero-order valence-corrected chi connectivity index (χ0v) is 13.5. The lowest BCUT2D eigenvalue weighted by Crippen LogP contribution is -2.11. The lowest BCUT2D eigenvalue weighted by molar-refractivity contribution is 0.101. The van der Waals surface area contributed by atoms with E-state index in [0.29, 0.717) is 22.1 Å². The number of aromatic amines is 1. The molecule has 122 valence electrons. The summed E-state index contributed by atoms with van der Waals surface area (Å²) >= 11 is 1.24. The van der Waals surface area contributed by atoms with Crippen molar-refractivity contribution in [3.8, 4) is 0 Å². The van der Waals surface area contributed by atoms with Crippen LogP contribution in [-0.2, 0) is 6.42 Å². The Morgan fingerprint density at radius 1 is 1.25 bits per heavy atom. The molecule has 3 aromatic rings. The monoisotopic (exact) mass is 344 g/mol. The quantitative estimate of drug-likeness (QED) is 0.696. The normalized spacial score (nSPS) is 10.6. The van der Waals surface area contributed by atoms with Crippen LogP contribution in [0.25, 0.3) is 0 Å². The molecule has 0 aliphatic carbocycles. The molecule has 24 heavy (non-hydrogen) atoms. The van der Waals surface area contributed by atoms with Crippen LogP contribution < -0.4 is 5.32 Å². The number of hydrogen-bond donors (Lipinski definition) is 2. The molecule has 8 heteroatoms. The molecule has 0 aliphatic rings. The van der Waals surface area contributed by atoms with Crippen LogP contribution in [-0.4, -0.2) is 26.9 Å². The lowest BCUT2D eigenvalue weighted by atomic mass is 10.2. The second-order valence-electron chi connectivity index (χ2n) is 5.12. The highest BCUT2D eigenvalue weighted by atomic mass is 32.1. The van der Waals surface area contributed by atoms with Gasteiger partial charge in [0.2, 0.25) is 5.13 Å². The number of benzene rings is 1. The predicted octanol–water partition coefficient (Wildman–Crippen LogP) is 3.05. The highest BCUT2D eigenvalue weighted by Crippen LogP contribution is 2.19. The number of H-pyrrole nitrogens is 1. The second-order valence-corrected chi connectivity index (χ2v) is 6.18. The van der Waals surface area contributed by atoms with E-state index in [4.69, 9.17) is 0 Å². The van der Waals surface area contributed by atoms with Gasteiger partial charge < -0.3 is 4.98 Å². The molecule has 0 saturated carbocycles. The maximum Gasteiger partial charge on any atom is 0.273 e. The molecule has 0 atom stereocenters. The summed E-state index contributed by atoms with van der Waals surface area (Å²) in [5, 5.41) is 11.6. The van der Waals surface area contributed by atoms with Gasteiger partial charge in [0.1, 0.15) is 16.5 Å². The van der Waals surface area contributed by atoms with E-state index in [-0.39, 0.29) is 17.3 Å². The number of anilines is 1. The van der Waals surface area contributed by atoms with Gasteiger partial charge in [0.05, 0.1) is 0 Å². The van der Waals surface area contributed by atoms with Crippen LogP contribution in [0.1, 0.15) is 38.3 Å². The third-order valence-electron chi connectivity index (χ3n) is 3.29. The largest absolute Gasteiger partial charge is 0.356 e. The first-order valence-corrected chi connectivity index (χ1v) is 7.90. The molecular weight excluding hydrogens is 331 g/mol. The molecule has 0 unspecified atom stereocenters. The van der Waals surface area contributed by atoms with Crippen molar-refractivity contribution in [3.05, 3.63) is 64.2 Å². The average molecular weight is 344 g/mol. The second kappa shape index (κ2) is 6.71. The van der Waals surface area contributed by atoms with Gasteiger partial charge in [-0.25, -0.2) is 4.39 Å². The standard InChI is InChI=1S/C16H13FN4O2S/c1-9(22)11-7-13(18-8-11)15(23)19-16-21-20-14(24-16)6-10-2-4-12(17)5-3-10/h2-5,7-8,18H,6H2,1H3,(H,19,21,23). The molecule has 2 N–H and O–H groups in total. The first-order valence-electron chi connectivity index (χ1n) is 7.09. The maximum atomic E-state index is 12.9. The van der Waals surface area contributed by atoms with Gasteiger partial charge in [-0.1, -0.05) is 23.5 Å². The molecule has 6 nitrogen and oxygen atoms in total. The number of halogens is 1. The van der Waals surface area contributed by atoms with Crippen molar-refractivity contribution in [2.75, 3.05) is 5.32 Å². The highest BCUT2D eigenvalue weighted by Gasteiger charge is 2.13. The lowest BCUT2D eigenvalue weighted by Gasteiger charge is -1.98. The minimum atomic E-state index is -0.396. The Balaban J connectivity index is 1.65. The van der Waals surface area contributed by atoms with E-state index in [1.807, 2.05) is 0 Å². The predicted molar refractivity (Wildman–Crippen MR) is 87.9 cm³/mol. The van der Waals surface area contributed by atoms with Gasteiger partial charge in [-0.15, -0.1) is 10.2 Å². The molecule has 0 fully saturated rings. The van der Waals surface area contributed by atoms with Crippen LogP contribution in [0.5, 0.6) is 0 Å². The topological polar surface area (TPSA) is 87.7 Å². The first kappa shape index (κ1) is 16.0. The number of ketones is 1. The van der Waals surface area contributed by atoms with Crippen LogP contribution in [0.2, 0.25) is 0 Å². The zero-order valence-electron chi connectivity index (χ0n) is 12.7. The minimum absolute atomic E-state index is 0.122. The number of carbonyl (C=O) groups excluding carboxylic acids is 2. The van der Waals surface area contributed by atoms with Crippen LogP contribution in [0.3, 0.4) is 0 Å². The third-order valence-corrected chi connectivity index (χ3v) is 4.13. The van der Waals surface area contributed by atoms with Gasteiger partial charge in [0.15, 0.2) is 5.78 Å². The summed E-state index contributed by atoms with van der Waals surface area (Å²) in [5.41, 5.74) is 1.62. The Labute approximate surface area is 140 Å². The van der Waals surface area contributed by atoms with Gasteiger partial charge >= 0.3 is 0 Å². The number of amides is 1. The molecule has 2 aromatic heterocycles. The van der Waals surface area contributed by atoms with Crippen molar-refractivity contribution in [1.29, 1.82) is 0 Å². The van der Waals surface area contributed by atoms with Crippen molar-refractivity contribution in [2.24, 2.45) is 0 Å². The molecule has 0 saturated heterocycles. The van der Waals surface area contributed by atoms with Gasteiger partial charge in [-0.3, -0.25) is 14.9 Å². The molecule has 1 aromatic carbocycles. The van der Waals surface area contributed by atoms with Gasteiger partial charge in [0, 0.05) is 18.2 Å². The van der Waals surface area contributed by atoms with Crippen molar-refractivity contribution in [1.82, 2.24) is 15.2 Å². The number of nitrogens with zero attached hydrogens (tertiary/aromatic N) is 2. The van der Waals surface area contributed by atoms with E-state index in [1.165, 1.54) is 42.7 Å². The maximum absolute atomic E-state index is 12.9. The molecule has 2 heterocycles. The summed E-state index contributed by atoms with van der Waals surface area (Å²) in [7, 11) is 0. The van der Waals surface area contributed by atoms with Crippen molar-refractivity contribution in [2.45, 2.75) is 13.3 Å². The van der Waals surface area contributed by atoms with E-state index < -0.39 is 5.91 Å². The minimum Gasteiger partial charge on any atom is -0.356 e. The first-order chi connectivity index (χ1) is 11.5. The van der Waals surface area contributed by atoms with E-state index >= 15 is 0 Å². The Kier molecular flexibility index (Phi) is 4.48. The summed E-state index contributed by atoms with van der Waals surface area (Å²) in [6.07, 6.45) is 1.99. The Morgan fingerprint density at radius 2 is 2.00 bits per heavy atom. The van der Waals surface area contributed by atoms with Crippen molar-refractivity contribution >= 4 is 28.2 Å². The summed E-state index contributed by atoms with van der Waals surface area (Å²) in [6.45, 7) is 1.43. The third kappa shape index (κ3) is 3.72. The number of carbonyl (C=O) groups is 2. The number of aromatic nitrogens is 3. The SMILES string of the molecule is CC(=O)c1c[nH]c(C(=O)Nc2nnc(Cc3ccc(F)cc3)s2)c1. The van der Waals surface area contributed by atoms with Crippen LogP contribution in [0.15, 0.2) is 36.5 Å². The molecule has 0 aliphatic heterocycles. The number of nitrogens with one attached hydrogen (secondary N) is 2. The van der Waals surface area contributed by atoms with Crippen LogP contribution >= 0.6 is 11.3 Å².